The number of aromatic nitrogens is 1. The zero-order chi connectivity index (χ0) is 14.5. The van der Waals surface area contributed by atoms with Gasteiger partial charge in [-0.15, -0.1) is 6.58 Å². The second-order valence-electron chi connectivity index (χ2n) is 5.03. The van der Waals surface area contributed by atoms with Gasteiger partial charge in [0.15, 0.2) is 0 Å². The number of allylic oxidation sites excluding steroid dienone is 5. The van der Waals surface area contributed by atoms with E-state index in [0.717, 1.165) is 13.0 Å². The summed E-state index contributed by atoms with van der Waals surface area (Å²) < 4.78 is 2.30. The summed E-state index contributed by atoms with van der Waals surface area (Å²) in [4.78, 5) is 0. The van der Waals surface area contributed by atoms with Crippen molar-refractivity contribution in [3.63, 3.8) is 0 Å². The monoisotopic (exact) mass is 329 g/mol. The van der Waals surface area contributed by atoms with Gasteiger partial charge in [-0.3, -0.25) is 0 Å². The minimum atomic E-state index is 0. The zero-order valence-electron chi connectivity index (χ0n) is 12.4. The van der Waals surface area contributed by atoms with Crippen molar-refractivity contribution in [1.82, 2.24) is 4.57 Å². The van der Waals surface area contributed by atoms with Crippen LogP contribution in [0, 0.1) is 0 Å². The first-order chi connectivity index (χ1) is 10.4. The predicted octanol–water partition coefficient (Wildman–Crippen LogP) is 5.48. The maximum Gasteiger partial charge on any atom is 0.0494 e. The molecule has 0 N–H and O–H groups in total. The van der Waals surface area contributed by atoms with Crippen molar-refractivity contribution < 1.29 is 17.1 Å². The summed E-state index contributed by atoms with van der Waals surface area (Å²) in [6.45, 7) is 4.68. The Bertz CT molecular complexity index is 761. The second kappa shape index (κ2) is 7.84. The molecule has 1 nitrogen and oxygen atoms in total. The molecule has 0 bridgehead atoms. The molecular weight excluding hydrogens is 310 g/mol. The summed E-state index contributed by atoms with van der Waals surface area (Å²) in [5.74, 6) is 0. The van der Waals surface area contributed by atoms with E-state index >= 15 is 0 Å². The van der Waals surface area contributed by atoms with Crippen LogP contribution in [0.1, 0.15) is 6.42 Å². The Labute approximate surface area is 142 Å². The summed E-state index contributed by atoms with van der Waals surface area (Å²) in [5, 5.41) is 2.64. The molecule has 0 unspecified atom stereocenters. The molecule has 1 aliphatic rings. The summed E-state index contributed by atoms with van der Waals surface area (Å²) >= 11 is 0. The molecule has 1 aromatic heterocycles. The number of benzene rings is 2. The third-order valence-electron chi connectivity index (χ3n) is 3.65. The molecule has 1 heterocycles. The van der Waals surface area contributed by atoms with E-state index in [-0.39, 0.29) is 17.1 Å². The van der Waals surface area contributed by atoms with Crippen LogP contribution >= 0.6 is 0 Å². The average molecular weight is 329 g/mol. The second-order valence-corrected chi connectivity index (χ2v) is 5.03. The third kappa shape index (κ3) is 3.24. The van der Waals surface area contributed by atoms with Crippen molar-refractivity contribution in [2.45, 2.75) is 13.0 Å². The number of fused-ring (bicyclic) bond motifs is 3. The SMILES string of the molecule is C1=CCC=C1.C=CCn1c2ccccc2c2ccccc21.[Fe]. The maximum atomic E-state index is 3.83. The number of hydrogen-bond donors (Lipinski definition) is 0. The molecule has 2 heteroatoms. The molecule has 112 valence electrons. The van der Waals surface area contributed by atoms with E-state index in [1.54, 1.807) is 0 Å². The molecule has 0 radical (unpaired) electrons. The Morgan fingerprint density at radius 1 is 0.864 bits per heavy atom. The quantitative estimate of drug-likeness (QED) is 0.433. The van der Waals surface area contributed by atoms with E-state index in [4.69, 9.17) is 0 Å². The first-order valence-electron chi connectivity index (χ1n) is 7.30. The Morgan fingerprint density at radius 3 is 1.77 bits per heavy atom. The molecular formula is C20H19FeN. The van der Waals surface area contributed by atoms with Crippen LogP contribution in [0.5, 0.6) is 0 Å². The van der Waals surface area contributed by atoms with Gasteiger partial charge in [0.25, 0.3) is 0 Å². The molecule has 1 aliphatic carbocycles. The Hall–Kier alpha value is -2.02. The topological polar surface area (TPSA) is 4.93 Å². The standard InChI is InChI=1S/C15H13N.C5H6.Fe/c1-2-11-16-14-9-5-3-7-12(14)13-8-4-6-10-15(13)16;1-2-4-5-3-1;/h2-10H,1,11H2;1-4H,5H2;. The van der Waals surface area contributed by atoms with E-state index in [2.05, 4.69) is 84.0 Å². The molecule has 22 heavy (non-hydrogen) atoms. The fraction of sp³-hybridized carbons (Fsp3) is 0.100. The van der Waals surface area contributed by atoms with Crippen molar-refractivity contribution in [2.24, 2.45) is 0 Å². The van der Waals surface area contributed by atoms with Gasteiger partial charge in [0.05, 0.1) is 0 Å². The van der Waals surface area contributed by atoms with Crippen LogP contribution in [0.4, 0.5) is 0 Å². The molecule has 0 spiro atoms. The first kappa shape index (κ1) is 16.4. The average Bonchev–Trinajstić information content (AvgIpc) is 3.20. The van der Waals surface area contributed by atoms with Gasteiger partial charge < -0.3 is 4.57 Å². The summed E-state index contributed by atoms with van der Waals surface area (Å²) in [6.07, 6.45) is 11.4. The molecule has 0 aliphatic heterocycles. The molecule has 0 saturated carbocycles. The molecule has 4 rings (SSSR count). The van der Waals surface area contributed by atoms with Crippen LogP contribution in [-0.2, 0) is 23.6 Å². The van der Waals surface area contributed by atoms with Crippen LogP contribution < -0.4 is 0 Å². The van der Waals surface area contributed by atoms with Crippen molar-refractivity contribution in [2.75, 3.05) is 0 Å². The smallest absolute Gasteiger partial charge is 0.0494 e. The van der Waals surface area contributed by atoms with Gasteiger partial charge in [0.2, 0.25) is 0 Å². The van der Waals surface area contributed by atoms with Crippen molar-refractivity contribution in [3.05, 3.63) is 85.5 Å². The Kier molecular flexibility index (Phi) is 5.83. The van der Waals surface area contributed by atoms with E-state index in [0.29, 0.717) is 0 Å². The Morgan fingerprint density at radius 2 is 1.36 bits per heavy atom. The van der Waals surface area contributed by atoms with Gasteiger partial charge in [-0.25, -0.2) is 0 Å². The van der Waals surface area contributed by atoms with Crippen molar-refractivity contribution in [3.8, 4) is 0 Å². The number of nitrogens with zero attached hydrogens (tertiary/aromatic N) is 1. The predicted molar refractivity (Wildman–Crippen MR) is 92.5 cm³/mol. The number of hydrogen-bond acceptors (Lipinski definition) is 0. The summed E-state index contributed by atoms with van der Waals surface area (Å²) in [5.41, 5.74) is 2.56. The van der Waals surface area contributed by atoms with E-state index < -0.39 is 0 Å². The first-order valence-corrected chi connectivity index (χ1v) is 7.30. The van der Waals surface area contributed by atoms with Gasteiger partial charge in [0, 0.05) is 45.4 Å². The van der Waals surface area contributed by atoms with Crippen LogP contribution in [0.25, 0.3) is 21.8 Å². The largest absolute Gasteiger partial charge is 0.337 e. The van der Waals surface area contributed by atoms with Crippen LogP contribution in [0.15, 0.2) is 85.5 Å². The van der Waals surface area contributed by atoms with Crippen molar-refractivity contribution >= 4 is 21.8 Å². The normalized spacial score (nSPS) is 12.0. The number of para-hydroxylation sites is 2. The zero-order valence-corrected chi connectivity index (χ0v) is 13.5. The van der Waals surface area contributed by atoms with Crippen LogP contribution in [0.2, 0.25) is 0 Å². The third-order valence-corrected chi connectivity index (χ3v) is 3.65. The fourth-order valence-electron chi connectivity index (χ4n) is 2.72. The minimum Gasteiger partial charge on any atom is -0.337 e. The molecule has 2 aromatic carbocycles. The van der Waals surface area contributed by atoms with Crippen LogP contribution in [0.3, 0.4) is 0 Å². The van der Waals surface area contributed by atoms with Crippen LogP contribution in [-0.4, -0.2) is 4.57 Å². The van der Waals surface area contributed by atoms with Gasteiger partial charge in [-0.05, 0) is 18.6 Å². The van der Waals surface area contributed by atoms with Gasteiger partial charge in [-0.1, -0.05) is 66.8 Å². The Balaban J connectivity index is 0.000000253. The molecule has 0 fully saturated rings. The fourth-order valence-corrected chi connectivity index (χ4v) is 2.72. The molecule has 3 aromatic rings. The number of rotatable bonds is 2. The van der Waals surface area contributed by atoms with Crippen molar-refractivity contribution in [1.29, 1.82) is 0 Å². The maximum absolute atomic E-state index is 3.83. The molecule has 0 amide bonds. The molecule has 0 atom stereocenters. The molecule has 0 saturated heterocycles. The van der Waals surface area contributed by atoms with Gasteiger partial charge in [0.1, 0.15) is 0 Å². The summed E-state index contributed by atoms with van der Waals surface area (Å²) in [7, 11) is 0. The van der Waals surface area contributed by atoms with Gasteiger partial charge in [-0.2, -0.15) is 0 Å². The van der Waals surface area contributed by atoms with E-state index in [1.807, 2.05) is 6.08 Å². The summed E-state index contributed by atoms with van der Waals surface area (Å²) in [6, 6.07) is 17.0. The van der Waals surface area contributed by atoms with E-state index in [9.17, 15) is 0 Å². The van der Waals surface area contributed by atoms with E-state index in [1.165, 1.54) is 21.8 Å². The van der Waals surface area contributed by atoms with Gasteiger partial charge >= 0.3 is 0 Å². The minimum absolute atomic E-state index is 0.